The number of nitrogens with zero attached hydrogens (tertiary/aromatic N) is 5. The van der Waals surface area contributed by atoms with Gasteiger partial charge in [-0.2, -0.15) is 0 Å². The predicted octanol–water partition coefficient (Wildman–Crippen LogP) is 7.21. The Morgan fingerprint density at radius 3 is 2.41 bits per heavy atom. The molecule has 6 rings (SSSR count). The van der Waals surface area contributed by atoms with Crippen molar-refractivity contribution in [2.45, 2.75) is 96.7 Å². The Hall–Kier alpha value is -3.59. The average molecular weight is 630 g/mol. The van der Waals surface area contributed by atoms with Gasteiger partial charge in [-0.1, -0.05) is 36.8 Å². The number of ether oxygens (including phenoxy) is 2. The van der Waals surface area contributed by atoms with E-state index in [2.05, 4.69) is 65.8 Å². The molecule has 46 heavy (non-hydrogen) atoms. The molecule has 1 saturated carbocycles. The summed E-state index contributed by atoms with van der Waals surface area (Å²) in [5.41, 5.74) is 4.69. The van der Waals surface area contributed by atoms with Gasteiger partial charge in [0.25, 0.3) is 0 Å². The number of methoxy groups -OCH3 is 1. The Labute approximate surface area is 273 Å². The fraction of sp³-hybridized carbons (Fsp3) is 0.595. The Balaban J connectivity index is 1.26. The number of carbonyl (C=O) groups excluding carboxylic acids is 2. The molecule has 0 spiro atoms. The maximum Gasteiger partial charge on any atom is 0.414 e. The number of fused-ring (bicyclic) bond motifs is 3. The first-order valence-corrected chi connectivity index (χ1v) is 17.1. The molecule has 9 nitrogen and oxygen atoms in total. The van der Waals surface area contributed by atoms with Crippen molar-refractivity contribution in [3.8, 4) is 0 Å². The summed E-state index contributed by atoms with van der Waals surface area (Å²) in [6.45, 7) is 14.2. The number of aryl methyl sites for hydroxylation is 1. The minimum atomic E-state index is -0.473. The molecule has 2 aliphatic heterocycles. The molecule has 2 aromatic carbocycles. The fourth-order valence-corrected chi connectivity index (χ4v) is 7.79. The van der Waals surface area contributed by atoms with Crippen LogP contribution in [0.15, 0.2) is 42.5 Å². The van der Waals surface area contributed by atoms with Crippen molar-refractivity contribution >= 4 is 28.9 Å². The van der Waals surface area contributed by atoms with Crippen LogP contribution in [0.5, 0.6) is 0 Å². The summed E-state index contributed by atoms with van der Waals surface area (Å²) < 4.78 is 13.4. The van der Waals surface area contributed by atoms with Gasteiger partial charge in [-0.15, -0.1) is 0 Å². The maximum atomic E-state index is 13.0. The van der Waals surface area contributed by atoms with Crippen LogP contribution in [0.4, 0.5) is 15.3 Å². The topological polar surface area (TPSA) is 80.1 Å². The summed E-state index contributed by atoms with van der Waals surface area (Å²) in [5, 5.41) is 0. The van der Waals surface area contributed by atoms with Gasteiger partial charge in [-0.3, -0.25) is 9.80 Å². The summed E-state index contributed by atoms with van der Waals surface area (Å²) in [6.07, 6.45) is 6.62. The lowest BCUT2D eigenvalue weighted by Crippen LogP contribution is -2.51. The molecular formula is C37H51N5O4. The molecule has 2 amide bonds. The zero-order valence-electron chi connectivity index (χ0n) is 28.6. The van der Waals surface area contributed by atoms with Crippen molar-refractivity contribution in [2.24, 2.45) is 5.92 Å². The van der Waals surface area contributed by atoms with Gasteiger partial charge in [0.1, 0.15) is 11.4 Å². The molecule has 1 aliphatic carbocycles. The van der Waals surface area contributed by atoms with E-state index in [0.29, 0.717) is 25.0 Å². The van der Waals surface area contributed by atoms with Crippen LogP contribution < -0.4 is 4.90 Å². The molecule has 2 atom stereocenters. The van der Waals surface area contributed by atoms with Gasteiger partial charge in [0, 0.05) is 56.3 Å². The summed E-state index contributed by atoms with van der Waals surface area (Å²) in [6, 6.07) is 15.3. The van der Waals surface area contributed by atoms with E-state index in [1.165, 1.54) is 31.0 Å². The van der Waals surface area contributed by atoms with Crippen molar-refractivity contribution in [1.29, 1.82) is 0 Å². The number of benzene rings is 2. The van der Waals surface area contributed by atoms with Crippen LogP contribution in [0.3, 0.4) is 0 Å². The first-order valence-electron chi connectivity index (χ1n) is 17.1. The number of hydrogen-bond donors (Lipinski definition) is 0. The lowest BCUT2D eigenvalue weighted by molar-refractivity contribution is 0.0125. The molecule has 248 valence electrons. The molecule has 0 radical (unpaired) electrons. The third kappa shape index (κ3) is 6.75. The highest BCUT2D eigenvalue weighted by Crippen LogP contribution is 2.43. The monoisotopic (exact) mass is 629 g/mol. The zero-order chi connectivity index (χ0) is 32.6. The summed E-state index contributed by atoms with van der Waals surface area (Å²) >= 11 is 0. The Bertz CT molecular complexity index is 1550. The molecule has 1 saturated heterocycles. The molecular weight excluding hydrogens is 578 g/mol. The van der Waals surface area contributed by atoms with E-state index in [0.717, 1.165) is 74.3 Å². The minimum Gasteiger partial charge on any atom is -0.452 e. The number of hydrogen-bond acceptors (Lipinski definition) is 6. The van der Waals surface area contributed by atoms with Crippen LogP contribution in [0.2, 0.25) is 0 Å². The number of rotatable bonds is 5. The lowest BCUT2D eigenvalue weighted by Gasteiger charge is -2.42. The number of amides is 2. The van der Waals surface area contributed by atoms with Gasteiger partial charge in [0.05, 0.1) is 23.8 Å². The van der Waals surface area contributed by atoms with Crippen molar-refractivity contribution in [2.75, 3.05) is 44.7 Å². The van der Waals surface area contributed by atoms with Crippen molar-refractivity contribution in [1.82, 2.24) is 19.4 Å². The number of anilines is 1. The molecule has 0 bridgehead atoms. The van der Waals surface area contributed by atoms with Crippen molar-refractivity contribution < 1.29 is 19.1 Å². The second-order valence-corrected chi connectivity index (χ2v) is 15.1. The van der Waals surface area contributed by atoms with Gasteiger partial charge in [-0.05, 0) is 90.3 Å². The first-order chi connectivity index (χ1) is 21.9. The van der Waals surface area contributed by atoms with E-state index in [1.807, 2.05) is 30.6 Å². The van der Waals surface area contributed by atoms with Crippen molar-refractivity contribution in [3.63, 3.8) is 0 Å². The Morgan fingerprint density at radius 2 is 1.72 bits per heavy atom. The second-order valence-electron chi connectivity index (χ2n) is 15.1. The summed E-state index contributed by atoms with van der Waals surface area (Å²) in [5.74, 6) is 1.68. The van der Waals surface area contributed by atoms with Gasteiger partial charge in [-0.25, -0.2) is 14.6 Å². The molecule has 3 aliphatic rings. The average Bonchev–Trinajstić information content (AvgIpc) is 3.38. The smallest absolute Gasteiger partial charge is 0.414 e. The highest BCUT2D eigenvalue weighted by molar-refractivity contribution is 5.96. The largest absolute Gasteiger partial charge is 0.452 e. The van der Waals surface area contributed by atoms with E-state index < -0.39 is 5.60 Å². The summed E-state index contributed by atoms with van der Waals surface area (Å²) in [4.78, 5) is 37.2. The number of piperazine rings is 1. The lowest BCUT2D eigenvalue weighted by atomic mass is 9.84. The minimum absolute atomic E-state index is 0.205. The Kier molecular flexibility index (Phi) is 9.07. The van der Waals surface area contributed by atoms with E-state index in [9.17, 15) is 9.59 Å². The van der Waals surface area contributed by atoms with E-state index in [4.69, 9.17) is 14.5 Å². The molecule has 3 aromatic rings. The highest BCUT2D eigenvalue weighted by Gasteiger charge is 2.39. The van der Waals surface area contributed by atoms with E-state index in [-0.39, 0.29) is 17.7 Å². The SMILES string of the molecule is COC(=O)N1c2ccc3c(nc(Cc4ccccc4)n3[C@@H]3CCC[C@@H](CN4CCN(C(=O)OC(C)(C)C)CC4)C3)c2CCC1(C)C. The number of carbonyl (C=O) groups is 2. The predicted molar refractivity (Wildman–Crippen MR) is 182 cm³/mol. The summed E-state index contributed by atoms with van der Waals surface area (Å²) in [7, 11) is 1.46. The zero-order valence-corrected chi connectivity index (χ0v) is 28.6. The third-order valence-electron chi connectivity index (χ3n) is 10.1. The van der Waals surface area contributed by atoms with Gasteiger partial charge in [0.15, 0.2) is 0 Å². The third-order valence-corrected chi connectivity index (χ3v) is 10.1. The highest BCUT2D eigenvalue weighted by atomic mass is 16.6. The van der Waals surface area contributed by atoms with Crippen LogP contribution in [0.25, 0.3) is 11.0 Å². The van der Waals surface area contributed by atoms with Gasteiger partial charge in [0.2, 0.25) is 0 Å². The standard InChI is InChI=1S/C37H51N5O4/c1-36(2,3)46-34(43)40-21-19-39(20-22-40)25-27-13-10-14-28(23-27)41-31-16-15-30-29(17-18-37(4,5)42(30)35(44)45-6)33(31)38-32(41)24-26-11-8-7-9-12-26/h7-9,11-12,15-16,27-28H,10,13-14,17-25H2,1-6H3/t27-,28-/m1/s1. The molecule has 1 aromatic heterocycles. The van der Waals surface area contributed by atoms with Crippen molar-refractivity contribution in [3.05, 3.63) is 59.4 Å². The molecule has 2 fully saturated rings. The van der Waals surface area contributed by atoms with E-state index in [1.54, 1.807) is 0 Å². The second kappa shape index (κ2) is 12.9. The quantitative estimate of drug-likeness (QED) is 0.297. The normalized spacial score (nSPS) is 22.0. The van der Waals surface area contributed by atoms with E-state index >= 15 is 0 Å². The number of imidazole rings is 1. The molecule has 9 heteroatoms. The maximum absolute atomic E-state index is 13.0. The van der Waals surface area contributed by atoms with Gasteiger partial charge >= 0.3 is 12.2 Å². The van der Waals surface area contributed by atoms with Crippen LogP contribution in [0.1, 0.15) is 89.7 Å². The fourth-order valence-electron chi connectivity index (χ4n) is 7.79. The Morgan fingerprint density at radius 1 is 0.978 bits per heavy atom. The molecule has 0 unspecified atom stereocenters. The number of aromatic nitrogens is 2. The van der Waals surface area contributed by atoms with Crippen LogP contribution in [0, 0.1) is 5.92 Å². The molecule has 0 N–H and O–H groups in total. The van der Waals surface area contributed by atoms with Crippen LogP contribution in [-0.2, 0) is 22.3 Å². The molecule has 3 heterocycles. The van der Waals surface area contributed by atoms with Gasteiger partial charge < -0.3 is 18.9 Å². The van der Waals surface area contributed by atoms with Crippen LogP contribution >= 0.6 is 0 Å². The van der Waals surface area contributed by atoms with Crippen LogP contribution in [-0.4, -0.2) is 82.5 Å². The first kappa shape index (κ1) is 32.4.